The Kier molecular flexibility index (Phi) is 3.79. The Morgan fingerprint density at radius 1 is 1.32 bits per heavy atom. The fourth-order valence-electron chi connectivity index (χ4n) is 2.33. The Morgan fingerprint density at radius 2 is 2.14 bits per heavy atom. The molecule has 114 valence electrons. The number of aromatic nitrogens is 2. The van der Waals surface area contributed by atoms with Crippen molar-refractivity contribution in [3.8, 4) is 11.5 Å². The van der Waals surface area contributed by atoms with Crippen LogP contribution in [0.25, 0.3) is 10.9 Å². The molecule has 6 heteroatoms. The zero-order valence-electron chi connectivity index (χ0n) is 12.0. The third-order valence-electron chi connectivity index (χ3n) is 3.39. The maximum Gasteiger partial charge on any atom is 0.144 e. The van der Waals surface area contributed by atoms with E-state index < -0.39 is 6.23 Å². The van der Waals surface area contributed by atoms with E-state index in [9.17, 15) is 9.50 Å². The van der Waals surface area contributed by atoms with Gasteiger partial charge < -0.3 is 15.6 Å². The van der Waals surface area contributed by atoms with Crippen LogP contribution in [0.1, 0.15) is 18.7 Å². The van der Waals surface area contributed by atoms with Gasteiger partial charge in [-0.15, -0.1) is 0 Å². The van der Waals surface area contributed by atoms with Crippen LogP contribution in [0.15, 0.2) is 42.6 Å². The molecule has 2 aromatic carbocycles. The fourth-order valence-corrected chi connectivity index (χ4v) is 2.33. The quantitative estimate of drug-likeness (QED) is 0.777. The first-order valence-corrected chi connectivity index (χ1v) is 6.90. The summed E-state index contributed by atoms with van der Waals surface area (Å²) in [5.41, 5.74) is 7.02. The van der Waals surface area contributed by atoms with Crippen molar-refractivity contribution < 1.29 is 14.2 Å². The maximum absolute atomic E-state index is 13.2. The van der Waals surface area contributed by atoms with Gasteiger partial charge in [0.2, 0.25) is 0 Å². The summed E-state index contributed by atoms with van der Waals surface area (Å²) in [6, 6.07) is 9.65. The molecule has 5 nitrogen and oxygen atoms in total. The number of benzene rings is 2. The van der Waals surface area contributed by atoms with Crippen molar-refractivity contribution in [3.05, 3.63) is 54.0 Å². The van der Waals surface area contributed by atoms with Crippen LogP contribution < -0.4 is 10.5 Å². The predicted octanol–water partition coefficient (Wildman–Crippen LogP) is 2.94. The van der Waals surface area contributed by atoms with E-state index in [2.05, 4.69) is 5.10 Å². The normalized spacial score (nSPS) is 12.5. The Hall–Kier alpha value is -2.44. The lowest BCUT2D eigenvalue weighted by Gasteiger charge is -2.11. The van der Waals surface area contributed by atoms with Gasteiger partial charge in [0.05, 0.1) is 11.7 Å². The SMILES string of the molecule is CC(O)n1ncc2cc(Oc3ccc(F)cc3CN)ccc21. The largest absolute Gasteiger partial charge is 0.457 e. The molecular formula is C16H16FN3O2. The molecule has 0 aliphatic rings. The van der Waals surface area contributed by atoms with E-state index in [0.29, 0.717) is 17.1 Å². The number of hydrogen-bond acceptors (Lipinski definition) is 4. The van der Waals surface area contributed by atoms with E-state index in [1.807, 2.05) is 12.1 Å². The lowest BCUT2D eigenvalue weighted by atomic mass is 10.2. The first kappa shape index (κ1) is 14.5. The molecule has 0 saturated carbocycles. The minimum absolute atomic E-state index is 0.190. The summed E-state index contributed by atoms with van der Waals surface area (Å²) in [7, 11) is 0. The number of ether oxygens (including phenoxy) is 1. The topological polar surface area (TPSA) is 73.3 Å². The van der Waals surface area contributed by atoms with Crippen LogP contribution in [0.5, 0.6) is 11.5 Å². The number of halogens is 1. The lowest BCUT2D eigenvalue weighted by Crippen LogP contribution is -2.04. The van der Waals surface area contributed by atoms with E-state index >= 15 is 0 Å². The molecule has 0 aliphatic heterocycles. The van der Waals surface area contributed by atoms with Gasteiger partial charge in [0, 0.05) is 17.5 Å². The van der Waals surface area contributed by atoms with E-state index in [0.717, 1.165) is 10.9 Å². The van der Waals surface area contributed by atoms with Crippen LogP contribution >= 0.6 is 0 Å². The van der Waals surface area contributed by atoms with Crippen LogP contribution in [0, 0.1) is 5.82 Å². The molecule has 1 unspecified atom stereocenters. The van der Waals surface area contributed by atoms with Crippen molar-refractivity contribution >= 4 is 10.9 Å². The molecule has 3 N–H and O–H groups in total. The van der Waals surface area contributed by atoms with Crippen molar-refractivity contribution in [1.82, 2.24) is 9.78 Å². The zero-order valence-corrected chi connectivity index (χ0v) is 12.0. The Bertz CT molecular complexity index is 814. The van der Waals surface area contributed by atoms with Crippen LogP contribution in [-0.2, 0) is 6.54 Å². The van der Waals surface area contributed by atoms with E-state index in [4.69, 9.17) is 10.5 Å². The second-order valence-corrected chi connectivity index (χ2v) is 5.00. The standard InChI is InChI=1S/C16H16FN3O2/c1-10(21)20-15-4-3-14(7-12(15)9-19-20)22-16-5-2-13(17)6-11(16)8-18/h2-7,9-10,21H,8,18H2,1H3. The second-order valence-electron chi connectivity index (χ2n) is 5.00. The summed E-state index contributed by atoms with van der Waals surface area (Å²) in [5.74, 6) is 0.770. The highest BCUT2D eigenvalue weighted by molar-refractivity contribution is 5.80. The van der Waals surface area contributed by atoms with Gasteiger partial charge in [-0.05, 0) is 43.3 Å². The van der Waals surface area contributed by atoms with Crippen LogP contribution in [-0.4, -0.2) is 14.9 Å². The van der Waals surface area contributed by atoms with Crippen molar-refractivity contribution in [2.75, 3.05) is 0 Å². The van der Waals surface area contributed by atoms with Gasteiger partial charge in [-0.1, -0.05) is 0 Å². The molecule has 0 bridgehead atoms. The molecule has 0 saturated heterocycles. The number of nitrogens with two attached hydrogens (primary N) is 1. The number of fused-ring (bicyclic) bond motifs is 1. The fraction of sp³-hybridized carbons (Fsp3) is 0.188. The third-order valence-corrected chi connectivity index (χ3v) is 3.39. The molecular weight excluding hydrogens is 285 g/mol. The Balaban J connectivity index is 1.95. The van der Waals surface area contributed by atoms with Gasteiger partial charge in [0.25, 0.3) is 0 Å². The highest BCUT2D eigenvalue weighted by Gasteiger charge is 2.10. The van der Waals surface area contributed by atoms with Crippen LogP contribution in [0.2, 0.25) is 0 Å². The highest BCUT2D eigenvalue weighted by Crippen LogP contribution is 2.29. The van der Waals surface area contributed by atoms with Gasteiger partial charge in [-0.2, -0.15) is 5.10 Å². The molecule has 0 amide bonds. The van der Waals surface area contributed by atoms with Crippen LogP contribution in [0.3, 0.4) is 0 Å². The first-order chi connectivity index (χ1) is 10.6. The minimum Gasteiger partial charge on any atom is -0.457 e. The average Bonchev–Trinajstić information content (AvgIpc) is 2.92. The lowest BCUT2D eigenvalue weighted by molar-refractivity contribution is 0.115. The molecule has 22 heavy (non-hydrogen) atoms. The summed E-state index contributed by atoms with van der Waals surface area (Å²) >= 11 is 0. The summed E-state index contributed by atoms with van der Waals surface area (Å²) < 4.78 is 20.5. The average molecular weight is 301 g/mol. The number of aliphatic hydroxyl groups is 1. The smallest absolute Gasteiger partial charge is 0.144 e. The molecule has 3 aromatic rings. The summed E-state index contributed by atoms with van der Waals surface area (Å²) in [5, 5.41) is 14.6. The number of rotatable bonds is 4. The zero-order chi connectivity index (χ0) is 15.7. The Morgan fingerprint density at radius 3 is 2.86 bits per heavy atom. The molecule has 0 spiro atoms. The molecule has 0 aliphatic carbocycles. The van der Waals surface area contributed by atoms with Gasteiger partial charge in [-0.3, -0.25) is 0 Å². The monoisotopic (exact) mass is 301 g/mol. The summed E-state index contributed by atoms with van der Waals surface area (Å²) in [6.45, 7) is 1.83. The Labute approximate surface area is 126 Å². The predicted molar refractivity (Wildman–Crippen MR) is 81.0 cm³/mol. The van der Waals surface area contributed by atoms with E-state index in [1.165, 1.54) is 16.8 Å². The van der Waals surface area contributed by atoms with Gasteiger partial charge in [0.15, 0.2) is 0 Å². The molecule has 0 fully saturated rings. The minimum atomic E-state index is -0.704. The summed E-state index contributed by atoms with van der Waals surface area (Å²) in [6.07, 6.45) is 0.953. The van der Waals surface area contributed by atoms with Crippen molar-refractivity contribution in [3.63, 3.8) is 0 Å². The number of hydrogen-bond donors (Lipinski definition) is 2. The second kappa shape index (κ2) is 5.75. The third kappa shape index (κ3) is 2.66. The van der Waals surface area contributed by atoms with Gasteiger partial charge >= 0.3 is 0 Å². The van der Waals surface area contributed by atoms with Gasteiger partial charge in [-0.25, -0.2) is 9.07 Å². The van der Waals surface area contributed by atoms with Crippen molar-refractivity contribution in [2.24, 2.45) is 5.73 Å². The first-order valence-electron chi connectivity index (χ1n) is 6.90. The summed E-state index contributed by atoms with van der Waals surface area (Å²) in [4.78, 5) is 0. The molecule has 0 radical (unpaired) electrons. The van der Waals surface area contributed by atoms with Gasteiger partial charge in [0.1, 0.15) is 23.5 Å². The molecule has 1 heterocycles. The number of nitrogens with zero attached hydrogens (tertiary/aromatic N) is 2. The van der Waals surface area contributed by atoms with Crippen LogP contribution in [0.4, 0.5) is 4.39 Å². The molecule has 1 aromatic heterocycles. The van der Waals surface area contributed by atoms with Crippen molar-refractivity contribution in [2.45, 2.75) is 19.7 Å². The van der Waals surface area contributed by atoms with Crippen molar-refractivity contribution in [1.29, 1.82) is 0 Å². The maximum atomic E-state index is 13.2. The number of aliphatic hydroxyl groups excluding tert-OH is 1. The molecule has 3 rings (SSSR count). The highest BCUT2D eigenvalue weighted by atomic mass is 19.1. The van der Waals surface area contributed by atoms with E-state index in [-0.39, 0.29) is 12.4 Å². The molecule has 1 atom stereocenters. The van der Waals surface area contributed by atoms with E-state index in [1.54, 1.807) is 25.3 Å².